The normalized spacial score (nSPS) is 41.5. The van der Waals surface area contributed by atoms with Crippen LogP contribution in [0.1, 0.15) is 74.1 Å². The summed E-state index contributed by atoms with van der Waals surface area (Å²) >= 11 is 0. The molecule has 0 spiro atoms. The van der Waals surface area contributed by atoms with Crippen molar-refractivity contribution in [2.24, 2.45) is 29.6 Å². The maximum Gasteiger partial charge on any atom is 0.316 e. The van der Waals surface area contributed by atoms with E-state index in [4.69, 9.17) is 4.74 Å². The topological polar surface area (TPSA) is 80.7 Å². The SMILES string of the molecule is CC[C@H]1OC(=O)C(C)C(=O)C(C)C[C@@H](C)C[C@@H](C)C(=O)[C@H](C)C[C@]1(C)O. The molecule has 150 valence electrons. The molecule has 1 heterocycles. The Balaban J connectivity index is 3.17. The van der Waals surface area contributed by atoms with Gasteiger partial charge in [-0.25, -0.2) is 0 Å². The smallest absolute Gasteiger partial charge is 0.316 e. The highest BCUT2D eigenvalue weighted by Gasteiger charge is 2.40. The predicted octanol–water partition coefficient (Wildman–Crippen LogP) is 3.56. The monoisotopic (exact) mass is 368 g/mol. The molecule has 5 nitrogen and oxygen atoms in total. The van der Waals surface area contributed by atoms with E-state index in [0.29, 0.717) is 19.3 Å². The molecule has 1 aliphatic rings. The Labute approximate surface area is 157 Å². The summed E-state index contributed by atoms with van der Waals surface area (Å²) in [5.41, 5.74) is -1.32. The summed E-state index contributed by atoms with van der Waals surface area (Å²) in [5.74, 6) is -1.97. The molecule has 26 heavy (non-hydrogen) atoms. The van der Waals surface area contributed by atoms with Gasteiger partial charge in [0.05, 0.1) is 5.60 Å². The largest absolute Gasteiger partial charge is 0.459 e. The van der Waals surface area contributed by atoms with Gasteiger partial charge >= 0.3 is 5.97 Å². The summed E-state index contributed by atoms with van der Waals surface area (Å²) in [6.45, 7) is 12.6. The molecule has 1 saturated heterocycles. The summed E-state index contributed by atoms with van der Waals surface area (Å²) < 4.78 is 5.51. The van der Waals surface area contributed by atoms with Gasteiger partial charge in [-0.3, -0.25) is 14.4 Å². The first-order valence-electron chi connectivity index (χ1n) is 9.90. The van der Waals surface area contributed by atoms with Crippen LogP contribution in [0.15, 0.2) is 0 Å². The summed E-state index contributed by atoms with van der Waals surface area (Å²) in [7, 11) is 0. The number of hydrogen-bond donors (Lipinski definition) is 1. The molecule has 2 unspecified atom stereocenters. The van der Waals surface area contributed by atoms with E-state index >= 15 is 0 Å². The van der Waals surface area contributed by atoms with Crippen LogP contribution in [0.5, 0.6) is 0 Å². The van der Waals surface area contributed by atoms with Gasteiger partial charge in [0.1, 0.15) is 23.6 Å². The number of esters is 1. The Hall–Kier alpha value is -1.23. The fourth-order valence-electron chi connectivity index (χ4n) is 4.31. The molecule has 1 fully saturated rings. The Morgan fingerprint density at radius 2 is 1.46 bits per heavy atom. The highest BCUT2D eigenvalue weighted by Crippen LogP contribution is 2.31. The van der Waals surface area contributed by atoms with E-state index in [1.165, 1.54) is 0 Å². The lowest BCUT2D eigenvalue weighted by Gasteiger charge is -2.35. The van der Waals surface area contributed by atoms with Crippen molar-refractivity contribution in [3.63, 3.8) is 0 Å². The van der Waals surface area contributed by atoms with Crippen molar-refractivity contribution in [2.75, 3.05) is 0 Å². The second kappa shape index (κ2) is 9.12. The lowest BCUT2D eigenvalue weighted by atomic mass is 9.78. The van der Waals surface area contributed by atoms with Crippen LogP contribution in [0.4, 0.5) is 0 Å². The highest BCUT2D eigenvalue weighted by molar-refractivity contribution is 5.99. The van der Waals surface area contributed by atoms with E-state index in [2.05, 4.69) is 0 Å². The molecule has 1 N–H and O–H groups in total. The molecule has 0 bridgehead atoms. The van der Waals surface area contributed by atoms with Crippen molar-refractivity contribution in [2.45, 2.75) is 85.9 Å². The van der Waals surface area contributed by atoms with Crippen molar-refractivity contribution in [3.8, 4) is 0 Å². The lowest BCUT2D eigenvalue weighted by molar-refractivity contribution is -0.172. The Kier molecular flexibility index (Phi) is 8.00. The maximum atomic E-state index is 12.7. The quantitative estimate of drug-likeness (QED) is 0.565. The van der Waals surface area contributed by atoms with Crippen LogP contribution in [-0.2, 0) is 19.1 Å². The molecule has 0 aromatic heterocycles. The summed E-state index contributed by atoms with van der Waals surface area (Å²) in [5, 5.41) is 10.9. The first-order valence-corrected chi connectivity index (χ1v) is 9.90. The van der Waals surface area contributed by atoms with Gasteiger partial charge in [0.2, 0.25) is 0 Å². The molecule has 0 amide bonds. The molecule has 1 aliphatic heterocycles. The minimum absolute atomic E-state index is 0.114. The van der Waals surface area contributed by atoms with Gasteiger partial charge < -0.3 is 9.84 Å². The third-order valence-corrected chi connectivity index (χ3v) is 5.79. The first-order chi connectivity index (χ1) is 11.9. The highest BCUT2D eigenvalue weighted by atomic mass is 16.6. The fraction of sp³-hybridized carbons (Fsp3) is 0.857. The Morgan fingerprint density at radius 1 is 0.962 bits per heavy atom. The number of Topliss-reactive ketones (excluding diaryl/α,β-unsaturated/α-hetero) is 2. The minimum atomic E-state index is -1.32. The standard InChI is InChI=1S/C21H36O5/c1-8-17-21(7,25)11-15(5)18(22)13(3)9-12(2)10-14(4)19(23)16(6)20(24)26-17/h12-17,25H,8-11H2,1-7H3/t12-,13+,14?,15+,16?,17+,21-/m0/s1. The van der Waals surface area contributed by atoms with Crippen LogP contribution in [0.25, 0.3) is 0 Å². The van der Waals surface area contributed by atoms with Crippen LogP contribution < -0.4 is 0 Å². The Morgan fingerprint density at radius 3 is 1.96 bits per heavy atom. The van der Waals surface area contributed by atoms with E-state index in [1.54, 1.807) is 13.8 Å². The van der Waals surface area contributed by atoms with E-state index in [-0.39, 0.29) is 41.7 Å². The second-order valence-corrected chi connectivity index (χ2v) is 8.70. The van der Waals surface area contributed by atoms with Crippen molar-refractivity contribution in [3.05, 3.63) is 0 Å². The number of carbonyl (C=O) groups excluding carboxylic acids is 3. The van der Waals surface area contributed by atoms with Crippen molar-refractivity contribution < 1.29 is 24.2 Å². The van der Waals surface area contributed by atoms with Gasteiger partial charge in [-0.2, -0.15) is 0 Å². The van der Waals surface area contributed by atoms with Gasteiger partial charge in [-0.05, 0) is 45.4 Å². The molecule has 5 heteroatoms. The first kappa shape index (κ1) is 22.8. The zero-order chi connectivity index (χ0) is 20.2. The average Bonchev–Trinajstić information content (AvgIpc) is 2.55. The molecule has 7 atom stereocenters. The van der Waals surface area contributed by atoms with E-state index < -0.39 is 23.6 Å². The van der Waals surface area contributed by atoms with Crippen LogP contribution in [0, 0.1) is 29.6 Å². The van der Waals surface area contributed by atoms with Crippen LogP contribution in [-0.4, -0.2) is 34.3 Å². The maximum absolute atomic E-state index is 12.7. The third kappa shape index (κ3) is 5.63. The molecule has 0 aromatic rings. The van der Waals surface area contributed by atoms with Gasteiger partial charge in [0.25, 0.3) is 0 Å². The van der Waals surface area contributed by atoms with Gasteiger partial charge in [0, 0.05) is 17.8 Å². The number of ketones is 2. The molecular formula is C21H36O5. The summed E-state index contributed by atoms with van der Waals surface area (Å²) in [6.07, 6.45) is 1.27. The number of carbonyl (C=O) groups is 3. The zero-order valence-electron chi connectivity index (χ0n) is 17.4. The van der Waals surface area contributed by atoms with E-state index in [1.807, 2.05) is 34.6 Å². The van der Waals surface area contributed by atoms with Crippen molar-refractivity contribution in [1.82, 2.24) is 0 Å². The van der Waals surface area contributed by atoms with Gasteiger partial charge in [-0.15, -0.1) is 0 Å². The summed E-state index contributed by atoms with van der Waals surface area (Å²) in [4.78, 5) is 37.8. The lowest BCUT2D eigenvalue weighted by Crippen LogP contribution is -2.46. The molecule has 0 aliphatic carbocycles. The van der Waals surface area contributed by atoms with Gasteiger partial charge in [0.15, 0.2) is 0 Å². The molecule has 0 aromatic carbocycles. The fourth-order valence-corrected chi connectivity index (χ4v) is 4.31. The van der Waals surface area contributed by atoms with Crippen LogP contribution >= 0.6 is 0 Å². The number of aliphatic hydroxyl groups is 1. The minimum Gasteiger partial charge on any atom is -0.459 e. The number of ether oxygens (including phenoxy) is 1. The van der Waals surface area contributed by atoms with Crippen molar-refractivity contribution in [1.29, 1.82) is 0 Å². The van der Waals surface area contributed by atoms with E-state index in [0.717, 1.165) is 0 Å². The predicted molar refractivity (Wildman–Crippen MR) is 100 cm³/mol. The molecule has 1 rings (SSSR count). The van der Waals surface area contributed by atoms with Crippen LogP contribution in [0.2, 0.25) is 0 Å². The Bertz CT molecular complexity index is 524. The van der Waals surface area contributed by atoms with Crippen LogP contribution in [0.3, 0.4) is 0 Å². The molecular weight excluding hydrogens is 332 g/mol. The number of hydrogen-bond acceptors (Lipinski definition) is 5. The van der Waals surface area contributed by atoms with Crippen molar-refractivity contribution >= 4 is 17.5 Å². The summed E-state index contributed by atoms with van der Waals surface area (Å²) in [6, 6.07) is 0. The number of rotatable bonds is 1. The zero-order valence-corrected chi connectivity index (χ0v) is 17.4. The number of cyclic esters (lactones) is 1. The second-order valence-electron chi connectivity index (χ2n) is 8.70. The third-order valence-electron chi connectivity index (χ3n) is 5.79. The van der Waals surface area contributed by atoms with Gasteiger partial charge in [-0.1, -0.05) is 34.6 Å². The molecule has 0 radical (unpaired) electrons. The van der Waals surface area contributed by atoms with E-state index in [9.17, 15) is 19.5 Å². The molecule has 0 saturated carbocycles. The average molecular weight is 369 g/mol.